The maximum atomic E-state index is 11.7. The van der Waals surface area contributed by atoms with E-state index in [0.717, 1.165) is 31.5 Å². The van der Waals surface area contributed by atoms with Crippen LogP contribution in [0.1, 0.15) is 47.0 Å². The van der Waals surface area contributed by atoms with Crippen molar-refractivity contribution in [2.45, 2.75) is 47.0 Å². The topological polar surface area (TPSA) is 32.3 Å². The number of nitrogens with one attached hydrogen (secondary N) is 1. The molecule has 0 bridgehead atoms. The summed E-state index contributed by atoms with van der Waals surface area (Å²) in [6.45, 7) is 12.4. The number of amides is 1. The van der Waals surface area contributed by atoms with Crippen LogP contribution < -0.4 is 5.32 Å². The van der Waals surface area contributed by atoms with E-state index < -0.39 is 0 Å². The Labute approximate surface area is 112 Å². The maximum absolute atomic E-state index is 11.7. The first kappa shape index (κ1) is 15.5. The van der Waals surface area contributed by atoms with Crippen molar-refractivity contribution in [3.8, 4) is 0 Å². The van der Waals surface area contributed by atoms with E-state index in [1.54, 1.807) is 0 Å². The first-order valence-electron chi connectivity index (χ1n) is 7.46. The molecule has 0 aliphatic carbocycles. The third-order valence-electron chi connectivity index (χ3n) is 3.59. The van der Waals surface area contributed by atoms with Crippen LogP contribution in [-0.4, -0.2) is 37.0 Å². The summed E-state index contributed by atoms with van der Waals surface area (Å²) in [6, 6.07) is 0. The normalized spacial score (nSPS) is 18.6. The highest BCUT2D eigenvalue weighted by Gasteiger charge is 2.21. The van der Waals surface area contributed by atoms with E-state index in [1.165, 1.54) is 19.3 Å². The van der Waals surface area contributed by atoms with Crippen molar-refractivity contribution >= 4 is 5.91 Å². The highest BCUT2D eigenvalue weighted by atomic mass is 16.2. The van der Waals surface area contributed by atoms with Gasteiger partial charge in [0, 0.05) is 6.54 Å². The molecule has 1 amide bonds. The number of carbonyl (C=O) groups is 1. The molecule has 1 aliphatic rings. The quantitative estimate of drug-likeness (QED) is 0.790. The summed E-state index contributed by atoms with van der Waals surface area (Å²) < 4.78 is 0. The Morgan fingerprint density at radius 1 is 1.17 bits per heavy atom. The van der Waals surface area contributed by atoms with Crippen molar-refractivity contribution in [3.05, 3.63) is 0 Å². The van der Waals surface area contributed by atoms with E-state index in [4.69, 9.17) is 0 Å². The summed E-state index contributed by atoms with van der Waals surface area (Å²) in [5, 5.41) is 2.99. The molecule has 1 fully saturated rings. The first-order chi connectivity index (χ1) is 8.47. The fourth-order valence-electron chi connectivity index (χ4n) is 2.62. The average Bonchev–Trinajstić information content (AvgIpc) is 2.28. The van der Waals surface area contributed by atoms with Gasteiger partial charge in [-0.15, -0.1) is 0 Å². The highest BCUT2D eigenvalue weighted by Crippen LogP contribution is 2.23. The van der Waals surface area contributed by atoms with Gasteiger partial charge in [0.2, 0.25) is 5.91 Å². The van der Waals surface area contributed by atoms with Gasteiger partial charge in [-0.05, 0) is 50.1 Å². The Morgan fingerprint density at radius 2 is 1.78 bits per heavy atom. The fraction of sp³-hybridized carbons (Fsp3) is 0.933. The molecule has 0 unspecified atom stereocenters. The zero-order valence-corrected chi connectivity index (χ0v) is 12.5. The van der Waals surface area contributed by atoms with Crippen LogP contribution in [0, 0.1) is 17.8 Å². The standard InChI is InChI=1S/C15H30N2O/c1-12(2)9-14-5-7-17(8-6-14)11-15(18)16-10-13(3)4/h12-14H,5-11H2,1-4H3,(H,16,18). The van der Waals surface area contributed by atoms with Crippen LogP contribution in [0.3, 0.4) is 0 Å². The molecule has 0 spiro atoms. The number of rotatable bonds is 6. The van der Waals surface area contributed by atoms with Crippen LogP contribution in [0.15, 0.2) is 0 Å². The largest absolute Gasteiger partial charge is 0.355 e. The summed E-state index contributed by atoms with van der Waals surface area (Å²) in [7, 11) is 0. The van der Waals surface area contributed by atoms with Crippen molar-refractivity contribution in [1.82, 2.24) is 10.2 Å². The molecule has 1 saturated heterocycles. The van der Waals surface area contributed by atoms with Gasteiger partial charge in [-0.3, -0.25) is 9.69 Å². The van der Waals surface area contributed by atoms with Crippen LogP contribution in [0.2, 0.25) is 0 Å². The Hall–Kier alpha value is -0.570. The third kappa shape index (κ3) is 6.39. The van der Waals surface area contributed by atoms with Gasteiger partial charge in [0.05, 0.1) is 6.54 Å². The Morgan fingerprint density at radius 3 is 2.28 bits per heavy atom. The second kappa shape index (κ2) is 7.78. The Bertz CT molecular complexity index is 243. The SMILES string of the molecule is CC(C)CNC(=O)CN1CCC(CC(C)C)CC1. The summed E-state index contributed by atoms with van der Waals surface area (Å²) in [6.07, 6.45) is 3.86. The number of carbonyl (C=O) groups excluding carboxylic acids is 1. The zero-order chi connectivity index (χ0) is 13.5. The minimum atomic E-state index is 0.186. The first-order valence-corrected chi connectivity index (χ1v) is 7.46. The van der Waals surface area contributed by atoms with Crippen molar-refractivity contribution < 1.29 is 4.79 Å². The second-order valence-electron chi connectivity index (χ2n) is 6.55. The summed E-state index contributed by atoms with van der Waals surface area (Å²) >= 11 is 0. The van der Waals surface area contributed by atoms with Gasteiger partial charge in [-0.1, -0.05) is 27.7 Å². The average molecular weight is 254 g/mol. The number of piperidine rings is 1. The third-order valence-corrected chi connectivity index (χ3v) is 3.59. The van der Waals surface area contributed by atoms with E-state index in [-0.39, 0.29) is 5.91 Å². The molecule has 3 heteroatoms. The van der Waals surface area contributed by atoms with Crippen molar-refractivity contribution in [1.29, 1.82) is 0 Å². The lowest BCUT2D eigenvalue weighted by Crippen LogP contribution is -2.42. The van der Waals surface area contributed by atoms with E-state index >= 15 is 0 Å². The minimum absolute atomic E-state index is 0.186. The molecule has 0 aromatic carbocycles. The van der Waals surface area contributed by atoms with Crippen molar-refractivity contribution in [2.24, 2.45) is 17.8 Å². The predicted molar refractivity (Wildman–Crippen MR) is 76.5 cm³/mol. The van der Waals surface area contributed by atoms with Gasteiger partial charge >= 0.3 is 0 Å². The Kier molecular flexibility index (Phi) is 6.69. The summed E-state index contributed by atoms with van der Waals surface area (Å²) in [5.74, 6) is 2.40. The molecule has 1 aliphatic heterocycles. The maximum Gasteiger partial charge on any atom is 0.234 e. The van der Waals surface area contributed by atoms with Gasteiger partial charge < -0.3 is 5.32 Å². The number of nitrogens with zero attached hydrogens (tertiary/aromatic N) is 1. The second-order valence-corrected chi connectivity index (χ2v) is 6.55. The lowest BCUT2D eigenvalue weighted by Gasteiger charge is -2.32. The molecule has 18 heavy (non-hydrogen) atoms. The molecular weight excluding hydrogens is 224 g/mol. The van der Waals surface area contributed by atoms with Gasteiger partial charge in [-0.2, -0.15) is 0 Å². The van der Waals surface area contributed by atoms with Crippen LogP contribution in [0.25, 0.3) is 0 Å². The number of likely N-dealkylation sites (tertiary alicyclic amines) is 1. The molecule has 0 saturated carbocycles. The van der Waals surface area contributed by atoms with E-state index in [2.05, 4.69) is 37.9 Å². The molecule has 1 N–H and O–H groups in total. The molecule has 1 rings (SSSR count). The monoisotopic (exact) mass is 254 g/mol. The van der Waals surface area contributed by atoms with Gasteiger partial charge in [-0.25, -0.2) is 0 Å². The van der Waals surface area contributed by atoms with Gasteiger partial charge in [0.25, 0.3) is 0 Å². The summed E-state index contributed by atoms with van der Waals surface area (Å²) in [5.41, 5.74) is 0. The highest BCUT2D eigenvalue weighted by molar-refractivity contribution is 5.77. The number of hydrogen-bond donors (Lipinski definition) is 1. The molecule has 0 aromatic rings. The molecule has 0 radical (unpaired) electrons. The lowest BCUT2D eigenvalue weighted by molar-refractivity contribution is -0.122. The van der Waals surface area contributed by atoms with Crippen molar-refractivity contribution in [3.63, 3.8) is 0 Å². The van der Waals surface area contributed by atoms with Gasteiger partial charge in [0.1, 0.15) is 0 Å². The Balaban J connectivity index is 2.17. The van der Waals surface area contributed by atoms with Crippen LogP contribution >= 0.6 is 0 Å². The molecule has 0 aromatic heterocycles. The van der Waals surface area contributed by atoms with E-state index in [9.17, 15) is 4.79 Å². The lowest BCUT2D eigenvalue weighted by atomic mass is 9.89. The minimum Gasteiger partial charge on any atom is -0.355 e. The van der Waals surface area contributed by atoms with Gasteiger partial charge in [0.15, 0.2) is 0 Å². The molecule has 3 nitrogen and oxygen atoms in total. The fourth-order valence-corrected chi connectivity index (χ4v) is 2.62. The van der Waals surface area contributed by atoms with E-state index in [1.807, 2.05) is 0 Å². The predicted octanol–water partition coefficient (Wildman–Crippen LogP) is 2.52. The van der Waals surface area contributed by atoms with E-state index in [0.29, 0.717) is 12.5 Å². The molecule has 0 atom stereocenters. The van der Waals surface area contributed by atoms with Crippen LogP contribution in [-0.2, 0) is 4.79 Å². The van der Waals surface area contributed by atoms with Crippen LogP contribution in [0.5, 0.6) is 0 Å². The van der Waals surface area contributed by atoms with Crippen LogP contribution in [0.4, 0.5) is 0 Å². The number of hydrogen-bond acceptors (Lipinski definition) is 2. The zero-order valence-electron chi connectivity index (χ0n) is 12.5. The molecule has 1 heterocycles. The molecular formula is C15H30N2O. The smallest absolute Gasteiger partial charge is 0.234 e. The summed E-state index contributed by atoms with van der Waals surface area (Å²) in [4.78, 5) is 14.0. The molecule has 106 valence electrons. The van der Waals surface area contributed by atoms with Crippen molar-refractivity contribution in [2.75, 3.05) is 26.2 Å².